The lowest BCUT2D eigenvalue weighted by atomic mass is 9.89. The van der Waals surface area contributed by atoms with E-state index in [2.05, 4.69) is 10.6 Å². The molecule has 0 aliphatic carbocycles. The summed E-state index contributed by atoms with van der Waals surface area (Å²) >= 11 is 0. The molecule has 0 spiro atoms. The fraction of sp³-hybridized carbons (Fsp3) is 0.133. The van der Waals surface area contributed by atoms with Gasteiger partial charge in [-0.15, -0.1) is 0 Å². The fourth-order valence-electron chi connectivity index (χ4n) is 2.38. The van der Waals surface area contributed by atoms with Crippen molar-refractivity contribution in [3.8, 4) is 0 Å². The minimum atomic E-state index is -0.0375. The maximum atomic E-state index is 11.7. The summed E-state index contributed by atoms with van der Waals surface area (Å²) in [6.45, 7) is 0.286. The van der Waals surface area contributed by atoms with Crippen LogP contribution in [0.4, 0.5) is 5.69 Å². The Balaban J connectivity index is 2.11. The summed E-state index contributed by atoms with van der Waals surface area (Å²) in [5, 5.41) is 6.16. The lowest BCUT2D eigenvalue weighted by Crippen LogP contribution is -2.27. The first-order valence-corrected chi connectivity index (χ1v) is 6.21. The van der Waals surface area contributed by atoms with Crippen molar-refractivity contribution in [3.05, 3.63) is 59.7 Å². The maximum absolute atomic E-state index is 11.7. The SMILES string of the molecule is [B]c1ccc2c(c1)C(c1ccccc1)NCC(=O)N2. The maximum Gasteiger partial charge on any atom is 0.238 e. The molecule has 1 unspecified atom stereocenters. The third kappa shape index (κ3) is 2.40. The Morgan fingerprint density at radius 2 is 1.89 bits per heavy atom. The highest BCUT2D eigenvalue weighted by Gasteiger charge is 2.22. The Hall–Kier alpha value is -2.07. The van der Waals surface area contributed by atoms with Crippen LogP contribution < -0.4 is 16.1 Å². The number of amides is 1. The number of hydrogen-bond donors (Lipinski definition) is 2. The molecule has 0 bridgehead atoms. The number of carbonyl (C=O) groups excluding carboxylic acids is 1. The van der Waals surface area contributed by atoms with Gasteiger partial charge in [0.1, 0.15) is 7.85 Å². The Morgan fingerprint density at radius 3 is 2.68 bits per heavy atom. The van der Waals surface area contributed by atoms with Gasteiger partial charge in [-0.05, 0) is 17.2 Å². The van der Waals surface area contributed by atoms with E-state index in [1.165, 1.54) is 0 Å². The van der Waals surface area contributed by atoms with Gasteiger partial charge in [0, 0.05) is 5.69 Å². The molecule has 1 heterocycles. The summed E-state index contributed by atoms with van der Waals surface area (Å²) in [5.74, 6) is -0.0375. The molecule has 1 atom stereocenters. The van der Waals surface area contributed by atoms with Crippen LogP contribution >= 0.6 is 0 Å². The molecule has 3 nitrogen and oxygen atoms in total. The summed E-state index contributed by atoms with van der Waals surface area (Å²) < 4.78 is 0. The third-order valence-electron chi connectivity index (χ3n) is 3.26. The zero-order chi connectivity index (χ0) is 13.2. The summed E-state index contributed by atoms with van der Waals surface area (Å²) in [6, 6.07) is 15.6. The minimum absolute atomic E-state index is 0.0290. The second-order valence-electron chi connectivity index (χ2n) is 4.62. The molecule has 0 aromatic heterocycles. The Labute approximate surface area is 113 Å². The van der Waals surface area contributed by atoms with Gasteiger partial charge < -0.3 is 5.32 Å². The van der Waals surface area contributed by atoms with Gasteiger partial charge in [-0.2, -0.15) is 0 Å². The minimum Gasteiger partial charge on any atom is -0.325 e. The predicted octanol–water partition coefficient (Wildman–Crippen LogP) is 1.11. The van der Waals surface area contributed by atoms with Crippen LogP contribution in [-0.2, 0) is 4.79 Å². The van der Waals surface area contributed by atoms with E-state index in [-0.39, 0.29) is 18.5 Å². The number of carbonyl (C=O) groups is 1. The van der Waals surface area contributed by atoms with Crippen LogP contribution in [0.25, 0.3) is 0 Å². The van der Waals surface area contributed by atoms with Crippen molar-refractivity contribution in [3.63, 3.8) is 0 Å². The zero-order valence-electron chi connectivity index (χ0n) is 10.4. The topological polar surface area (TPSA) is 41.1 Å². The van der Waals surface area contributed by atoms with E-state index in [9.17, 15) is 4.79 Å². The van der Waals surface area contributed by atoms with Crippen LogP contribution in [-0.4, -0.2) is 20.3 Å². The highest BCUT2D eigenvalue weighted by molar-refractivity contribution is 6.32. The molecular weight excluding hydrogens is 235 g/mol. The molecule has 2 N–H and O–H groups in total. The summed E-state index contributed by atoms with van der Waals surface area (Å²) in [5.41, 5.74) is 3.62. The first-order chi connectivity index (χ1) is 9.24. The molecule has 0 saturated carbocycles. The van der Waals surface area contributed by atoms with Crippen molar-refractivity contribution in [2.75, 3.05) is 11.9 Å². The van der Waals surface area contributed by atoms with E-state index in [1.54, 1.807) is 6.07 Å². The van der Waals surface area contributed by atoms with Gasteiger partial charge in [0.2, 0.25) is 5.91 Å². The molecule has 2 aromatic carbocycles. The van der Waals surface area contributed by atoms with Gasteiger partial charge in [0.05, 0.1) is 12.6 Å². The average Bonchev–Trinajstić information content (AvgIpc) is 2.58. The van der Waals surface area contributed by atoms with Crippen molar-refractivity contribution in [1.82, 2.24) is 5.32 Å². The number of anilines is 1. The Kier molecular flexibility index (Phi) is 3.09. The molecule has 1 aliphatic heterocycles. The number of nitrogens with one attached hydrogen (secondary N) is 2. The molecule has 0 saturated heterocycles. The second-order valence-corrected chi connectivity index (χ2v) is 4.62. The monoisotopic (exact) mass is 248 g/mol. The zero-order valence-corrected chi connectivity index (χ0v) is 10.4. The highest BCUT2D eigenvalue weighted by atomic mass is 16.1. The van der Waals surface area contributed by atoms with Gasteiger partial charge >= 0.3 is 0 Å². The molecule has 1 amide bonds. The van der Waals surface area contributed by atoms with Crippen molar-refractivity contribution < 1.29 is 4.79 Å². The molecule has 4 heteroatoms. The van der Waals surface area contributed by atoms with E-state index < -0.39 is 0 Å². The van der Waals surface area contributed by atoms with Crippen molar-refractivity contribution in [1.29, 1.82) is 0 Å². The van der Waals surface area contributed by atoms with Gasteiger partial charge in [-0.25, -0.2) is 0 Å². The molecule has 0 fully saturated rings. The third-order valence-corrected chi connectivity index (χ3v) is 3.26. The summed E-state index contributed by atoms with van der Waals surface area (Å²) in [4.78, 5) is 11.7. The lowest BCUT2D eigenvalue weighted by molar-refractivity contribution is -0.115. The van der Waals surface area contributed by atoms with E-state index in [4.69, 9.17) is 7.85 Å². The van der Waals surface area contributed by atoms with Gasteiger partial charge in [0.15, 0.2) is 0 Å². The Morgan fingerprint density at radius 1 is 1.11 bits per heavy atom. The standard InChI is InChI=1S/C15H13BN2O/c16-11-6-7-13-12(8-11)15(17-9-14(19)18-13)10-4-2-1-3-5-10/h1-8,15,17H,9H2,(H,18,19). The largest absolute Gasteiger partial charge is 0.325 e. The Bertz CT molecular complexity index is 613. The van der Waals surface area contributed by atoms with Crippen LogP contribution in [0.3, 0.4) is 0 Å². The number of benzene rings is 2. The van der Waals surface area contributed by atoms with Crippen LogP contribution in [0.2, 0.25) is 0 Å². The fourth-order valence-corrected chi connectivity index (χ4v) is 2.38. The van der Waals surface area contributed by atoms with E-state index in [0.717, 1.165) is 16.8 Å². The summed E-state index contributed by atoms with van der Waals surface area (Å²) in [7, 11) is 5.87. The van der Waals surface area contributed by atoms with Crippen molar-refractivity contribution >= 4 is 24.9 Å². The normalized spacial score (nSPS) is 18.3. The quantitative estimate of drug-likeness (QED) is 0.742. The van der Waals surface area contributed by atoms with E-state index in [0.29, 0.717) is 5.46 Å². The molecule has 2 aromatic rings. The van der Waals surface area contributed by atoms with Crippen LogP contribution in [0.5, 0.6) is 0 Å². The van der Waals surface area contributed by atoms with Gasteiger partial charge in [0.25, 0.3) is 0 Å². The second kappa shape index (κ2) is 4.90. The van der Waals surface area contributed by atoms with Crippen LogP contribution in [0, 0.1) is 0 Å². The van der Waals surface area contributed by atoms with E-state index in [1.807, 2.05) is 42.5 Å². The molecule has 92 valence electrons. The molecule has 3 rings (SSSR count). The molecular formula is C15H13BN2O. The molecule has 19 heavy (non-hydrogen) atoms. The number of fused-ring (bicyclic) bond motifs is 1. The molecule has 2 radical (unpaired) electrons. The van der Waals surface area contributed by atoms with Crippen molar-refractivity contribution in [2.45, 2.75) is 6.04 Å². The number of rotatable bonds is 1. The van der Waals surface area contributed by atoms with Crippen LogP contribution in [0.15, 0.2) is 48.5 Å². The van der Waals surface area contributed by atoms with Gasteiger partial charge in [-0.1, -0.05) is 47.9 Å². The van der Waals surface area contributed by atoms with Crippen LogP contribution in [0.1, 0.15) is 17.2 Å². The first kappa shape index (κ1) is 12.0. The van der Waals surface area contributed by atoms with E-state index >= 15 is 0 Å². The molecule has 1 aliphatic rings. The smallest absolute Gasteiger partial charge is 0.238 e. The first-order valence-electron chi connectivity index (χ1n) is 6.21. The highest BCUT2D eigenvalue weighted by Crippen LogP contribution is 2.29. The lowest BCUT2D eigenvalue weighted by Gasteiger charge is -2.19. The predicted molar refractivity (Wildman–Crippen MR) is 76.7 cm³/mol. The number of hydrogen-bond acceptors (Lipinski definition) is 2. The summed E-state index contributed by atoms with van der Waals surface area (Å²) in [6.07, 6.45) is 0. The van der Waals surface area contributed by atoms with Crippen molar-refractivity contribution in [2.24, 2.45) is 0 Å². The van der Waals surface area contributed by atoms with Gasteiger partial charge in [-0.3, -0.25) is 10.1 Å². The average molecular weight is 248 g/mol.